The second-order valence-corrected chi connectivity index (χ2v) is 13.7. The van der Waals surface area contributed by atoms with E-state index in [0.717, 1.165) is 69.9 Å². The third-order valence-corrected chi connectivity index (χ3v) is 11.5. The van der Waals surface area contributed by atoms with Gasteiger partial charge in [-0.1, -0.05) is 54.9 Å². The summed E-state index contributed by atoms with van der Waals surface area (Å²) in [6, 6.07) is 10.6. The minimum Gasteiger partial charge on any atom is -0.393 e. The molecule has 2 saturated carbocycles. The van der Waals surface area contributed by atoms with Gasteiger partial charge in [-0.3, -0.25) is 4.90 Å². The Kier molecular flexibility index (Phi) is 7.88. The molecule has 1 aliphatic heterocycles. The fourth-order valence-electron chi connectivity index (χ4n) is 9.22. The van der Waals surface area contributed by atoms with Gasteiger partial charge in [-0.25, -0.2) is 0 Å². The fourth-order valence-corrected chi connectivity index (χ4v) is 9.22. The van der Waals surface area contributed by atoms with E-state index in [1.807, 2.05) is 0 Å². The van der Waals surface area contributed by atoms with Crippen LogP contribution in [0.2, 0.25) is 0 Å². The van der Waals surface area contributed by atoms with Gasteiger partial charge >= 0.3 is 0 Å². The van der Waals surface area contributed by atoms with Crippen LogP contribution in [-0.4, -0.2) is 72.4 Å². The largest absolute Gasteiger partial charge is 0.393 e. The number of nitrogens with zero attached hydrogens (tertiary/aromatic N) is 3. The summed E-state index contributed by atoms with van der Waals surface area (Å²) in [7, 11) is 0. The first-order valence-corrected chi connectivity index (χ1v) is 15.7. The highest BCUT2D eigenvalue weighted by Gasteiger charge is 2.57. The molecular weight excluding hydrogens is 498 g/mol. The first-order chi connectivity index (χ1) is 19.3. The van der Waals surface area contributed by atoms with Crippen molar-refractivity contribution in [1.29, 1.82) is 0 Å². The number of para-hydroxylation sites is 1. The van der Waals surface area contributed by atoms with Gasteiger partial charge in [0.05, 0.1) is 11.8 Å². The maximum Gasteiger partial charge on any atom is 0.144 e. The zero-order valence-corrected chi connectivity index (χ0v) is 24.8. The van der Waals surface area contributed by atoms with Gasteiger partial charge in [0.1, 0.15) is 12.7 Å². The van der Waals surface area contributed by atoms with Gasteiger partial charge in [0.2, 0.25) is 0 Å². The van der Waals surface area contributed by atoms with Crippen molar-refractivity contribution in [2.45, 2.75) is 77.9 Å². The number of allylic oxidation sites excluding steroid dienone is 3. The van der Waals surface area contributed by atoms with Crippen LogP contribution in [-0.2, 0) is 4.84 Å². The van der Waals surface area contributed by atoms with E-state index in [1.54, 1.807) is 0 Å². The van der Waals surface area contributed by atoms with Crippen LogP contribution in [0, 0.1) is 28.6 Å². The van der Waals surface area contributed by atoms with Crippen LogP contribution in [0.4, 0.5) is 5.69 Å². The predicted octanol–water partition coefficient (Wildman–Crippen LogP) is 5.42. The maximum absolute atomic E-state index is 10.7. The van der Waals surface area contributed by atoms with E-state index in [2.05, 4.69) is 78.2 Å². The number of aliphatic hydroxyl groups is 2. The lowest BCUT2D eigenvalue weighted by Gasteiger charge is -2.57. The molecule has 1 aromatic rings. The van der Waals surface area contributed by atoms with E-state index in [4.69, 9.17) is 4.84 Å². The van der Waals surface area contributed by atoms with Gasteiger partial charge in [0, 0.05) is 38.4 Å². The normalized spacial score (nSPS) is 37.1. The van der Waals surface area contributed by atoms with Crippen LogP contribution in [0.5, 0.6) is 0 Å². The average molecular weight is 548 g/mol. The molecule has 3 fully saturated rings. The van der Waals surface area contributed by atoms with Gasteiger partial charge in [-0.2, -0.15) is 0 Å². The number of β-amino-alcohol motifs (C(OH)–C–C–N with tert-alkyl or cyclic N) is 1. The zero-order chi connectivity index (χ0) is 27.9. The van der Waals surface area contributed by atoms with Crippen molar-refractivity contribution >= 4 is 11.4 Å². The molecule has 1 saturated heterocycles. The Morgan fingerprint density at radius 3 is 2.52 bits per heavy atom. The number of fused-ring (bicyclic) bond motifs is 5. The van der Waals surface area contributed by atoms with Gasteiger partial charge in [0.15, 0.2) is 0 Å². The summed E-state index contributed by atoms with van der Waals surface area (Å²) in [4.78, 5) is 10.5. The third kappa shape index (κ3) is 5.16. The van der Waals surface area contributed by atoms with E-state index in [1.165, 1.54) is 29.7 Å². The standard InChI is InChI=1S/C34H49N3O3/c1-24(35-40-23-28(39)22-36-17-19-37(20-18-36)26-7-5-4-6-8-26)30-11-12-31-29-10-9-25-21-27(38)13-15-33(25,2)32(29)14-16-34(30,31)3/h4-9,11,27-29,31-32,38-39H,10,12-23H2,1-3H3/b35-24-. The number of anilines is 1. The number of piperazine rings is 1. The Hall–Kier alpha value is -2.15. The van der Waals surface area contributed by atoms with Crippen molar-refractivity contribution in [3.63, 3.8) is 0 Å². The van der Waals surface area contributed by atoms with Crippen molar-refractivity contribution in [3.05, 3.63) is 53.6 Å². The SMILES string of the molecule is C/C(=N/OCC(O)CN1CCN(c2ccccc2)CC1)C1=CCC2C3CC=C4CC(O)CCC4(C)C3CCC12C. The summed E-state index contributed by atoms with van der Waals surface area (Å²) in [6.07, 6.45) is 11.9. The van der Waals surface area contributed by atoms with Crippen molar-refractivity contribution in [1.82, 2.24) is 4.90 Å². The lowest BCUT2D eigenvalue weighted by Crippen LogP contribution is -2.50. The lowest BCUT2D eigenvalue weighted by molar-refractivity contribution is -0.0281. The predicted molar refractivity (Wildman–Crippen MR) is 161 cm³/mol. The molecule has 6 heteroatoms. The molecule has 0 bridgehead atoms. The van der Waals surface area contributed by atoms with Crippen molar-refractivity contribution in [3.8, 4) is 0 Å². The highest BCUT2D eigenvalue weighted by Crippen LogP contribution is 2.65. The first kappa shape index (κ1) is 28.0. The summed E-state index contributed by atoms with van der Waals surface area (Å²) in [6.45, 7) is 11.7. The molecule has 218 valence electrons. The number of oxime groups is 1. The molecule has 1 heterocycles. The first-order valence-electron chi connectivity index (χ1n) is 15.7. The van der Waals surface area contributed by atoms with Crippen molar-refractivity contribution in [2.24, 2.45) is 33.7 Å². The molecule has 0 spiro atoms. The minimum atomic E-state index is -0.547. The summed E-state index contributed by atoms with van der Waals surface area (Å²) in [5.41, 5.74) is 5.56. The highest BCUT2D eigenvalue weighted by atomic mass is 16.6. The fraction of sp³-hybridized carbons (Fsp3) is 0.676. The molecule has 0 radical (unpaired) electrons. The van der Waals surface area contributed by atoms with Crippen LogP contribution in [0.1, 0.15) is 65.7 Å². The van der Waals surface area contributed by atoms with Crippen LogP contribution in [0.25, 0.3) is 0 Å². The molecule has 40 heavy (non-hydrogen) atoms. The van der Waals surface area contributed by atoms with Crippen molar-refractivity contribution in [2.75, 3.05) is 44.2 Å². The summed E-state index contributed by atoms with van der Waals surface area (Å²) in [5.74, 6) is 2.08. The van der Waals surface area contributed by atoms with E-state index in [-0.39, 0.29) is 23.5 Å². The zero-order valence-electron chi connectivity index (χ0n) is 24.8. The maximum atomic E-state index is 10.7. The van der Waals surface area contributed by atoms with Gasteiger partial charge < -0.3 is 20.0 Å². The number of hydrogen-bond donors (Lipinski definition) is 2. The topological polar surface area (TPSA) is 68.5 Å². The van der Waals surface area contributed by atoms with Crippen LogP contribution >= 0.6 is 0 Å². The Morgan fingerprint density at radius 2 is 1.75 bits per heavy atom. The summed E-state index contributed by atoms with van der Waals surface area (Å²) >= 11 is 0. The molecular formula is C34H49N3O3. The second-order valence-electron chi connectivity index (χ2n) is 13.7. The summed E-state index contributed by atoms with van der Waals surface area (Å²) in [5, 5.41) is 25.5. The quantitative estimate of drug-likeness (QED) is 0.271. The lowest BCUT2D eigenvalue weighted by atomic mass is 9.47. The number of hydrogen-bond acceptors (Lipinski definition) is 6. The van der Waals surface area contributed by atoms with Crippen molar-refractivity contribution < 1.29 is 15.1 Å². The van der Waals surface area contributed by atoms with E-state index >= 15 is 0 Å². The number of aliphatic hydroxyl groups excluding tert-OH is 2. The van der Waals surface area contributed by atoms with Gasteiger partial charge in [0.25, 0.3) is 0 Å². The van der Waals surface area contributed by atoms with E-state index in [9.17, 15) is 10.2 Å². The summed E-state index contributed by atoms with van der Waals surface area (Å²) < 4.78 is 0. The van der Waals surface area contributed by atoms with E-state index in [0.29, 0.717) is 18.4 Å². The molecule has 0 amide bonds. The van der Waals surface area contributed by atoms with Gasteiger partial charge in [-0.15, -0.1) is 0 Å². The molecule has 4 aliphatic carbocycles. The average Bonchev–Trinajstić information content (AvgIpc) is 3.31. The Labute approximate surface area is 240 Å². The molecule has 6 nitrogen and oxygen atoms in total. The smallest absolute Gasteiger partial charge is 0.144 e. The Balaban J connectivity index is 1.01. The second kappa shape index (κ2) is 11.3. The molecule has 7 unspecified atom stereocenters. The Morgan fingerprint density at radius 1 is 1.00 bits per heavy atom. The molecule has 6 rings (SSSR count). The monoisotopic (exact) mass is 547 g/mol. The van der Waals surface area contributed by atoms with Gasteiger partial charge in [-0.05, 0) is 98.2 Å². The Bertz CT molecular complexity index is 1140. The van der Waals surface area contributed by atoms with Crippen LogP contribution in [0.15, 0.2) is 58.8 Å². The molecule has 0 aromatic heterocycles. The number of rotatable bonds is 7. The van der Waals surface area contributed by atoms with E-state index < -0.39 is 6.10 Å². The molecule has 5 aliphatic rings. The molecule has 1 aromatic carbocycles. The third-order valence-electron chi connectivity index (χ3n) is 11.5. The highest BCUT2D eigenvalue weighted by molar-refractivity contribution is 5.99. The van der Waals surface area contributed by atoms with Crippen LogP contribution in [0.3, 0.4) is 0 Å². The molecule has 2 N–H and O–H groups in total. The van der Waals surface area contributed by atoms with Crippen LogP contribution < -0.4 is 4.90 Å². The number of benzene rings is 1. The molecule has 7 atom stereocenters. The minimum absolute atomic E-state index is 0.144.